The van der Waals surface area contributed by atoms with E-state index in [0.29, 0.717) is 24.5 Å². The van der Waals surface area contributed by atoms with Crippen LogP contribution in [0.25, 0.3) is 0 Å². The molecule has 1 fully saturated rings. The Bertz CT molecular complexity index is 773. The lowest BCUT2D eigenvalue weighted by molar-refractivity contribution is -0.0127. The number of allylic oxidation sites excluding steroid dienone is 1. The summed E-state index contributed by atoms with van der Waals surface area (Å²) in [5.74, 6) is 1.51. The molecule has 0 heterocycles. The number of rotatable bonds is 8. The first-order valence-electron chi connectivity index (χ1n) is 10.7. The third kappa shape index (κ3) is 3.40. The Labute approximate surface area is 170 Å². The zero-order chi connectivity index (χ0) is 19.6. The van der Waals surface area contributed by atoms with Crippen molar-refractivity contribution in [3.63, 3.8) is 0 Å². The van der Waals surface area contributed by atoms with Gasteiger partial charge in [-0.2, -0.15) is 0 Å². The first kappa shape index (κ1) is 19.6. The molecule has 28 heavy (non-hydrogen) atoms. The first-order valence-corrected chi connectivity index (χ1v) is 12.5. The normalized spacial score (nSPS) is 23.0. The van der Waals surface area contributed by atoms with Crippen LogP contribution in [0, 0.1) is 17.3 Å². The van der Waals surface area contributed by atoms with Gasteiger partial charge in [0.1, 0.15) is 0 Å². The lowest BCUT2D eigenvalue weighted by Crippen LogP contribution is -2.64. The van der Waals surface area contributed by atoms with Crippen molar-refractivity contribution in [3.05, 3.63) is 72.3 Å². The van der Waals surface area contributed by atoms with Gasteiger partial charge in [0, 0.05) is 6.61 Å². The van der Waals surface area contributed by atoms with Crippen molar-refractivity contribution in [1.82, 2.24) is 0 Å². The average molecular weight is 393 g/mol. The highest BCUT2D eigenvalue weighted by atomic mass is 28.4. The van der Waals surface area contributed by atoms with Gasteiger partial charge >= 0.3 is 8.56 Å². The van der Waals surface area contributed by atoms with Crippen LogP contribution in [-0.4, -0.2) is 21.8 Å². The predicted octanol–water partition coefficient (Wildman–Crippen LogP) is 4.68. The predicted molar refractivity (Wildman–Crippen MR) is 118 cm³/mol. The van der Waals surface area contributed by atoms with E-state index in [0.717, 1.165) is 12.3 Å². The van der Waals surface area contributed by atoms with Gasteiger partial charge in [0.15, 0.2) is 0 Å². The maximum Gasteiger partial charge on any atom is 0.407 e. The molecule has 0 aliphatic heterocycles. The zero-order valence-electron chi connectivity index (χ0n) is 17.4. The lowest BCUT2D eigenvalue weighted by atomic mass is 9.49. The van der Waals surface area contributed by atoms with Gasteiger partial charge in [-0.25, -0.2) is 0 Å². The molecule has 0 radical (unpaired) electrons. The van der Waals surface area contributed by atoms with Crippen molar-refractivity contribution in [2.45, 2.75) is 40.0 Å². The molecule has 2 atom stereocenters. The van der Waals surface area contributed by atoms with Gasteiger partial charge in [-0.1, -0.05) is 87.5 Å². The molecule has 3 aliphatic carbocycles. The van der Waals surface area contributed by atoms with Crippen molar-refractivity contribution in [3.8, 4) is 0 Å². The third-order valence-electron chi connectivity index (χ3n) is 6.84. The van der Waals surface area contributed by atoms with E-state index in [1.807, 2.05) is 0 Å². The van der Waals surface area contributed by atoms with E-state index < -0.39 is 8.56 Å². The fraction of sp³-hybridized carbons (Fsp3) is 0.440. The smallest absolute Gasteiger partial charge is 0.388 e. The fourth-order valence-electron chi connectivity index (χ4n) is 4.93. The van der Waals surface area contributed by atoms with E-state index in [1.165, 1.54) is 28.8 Å². The summed E-state index contributed by atoms with van der Waals surface area (Å²) in [7, 11) is -2.75. The molecule has 2 aromatic rings. The first-order chi connectivity index (χ1) is 13.6. The minimum absolute atomic E-state index is 0.418. The summed E-state index contributed by atoms with van der Waals surface area (Å²) in [6, 6.07) is 21.2. The molecule has 0 aromatic heterocycles. The zero-order valence-corrected chi connectivity index (χ0v) is 18.4. The van der Waals surface area contributed by atoms with E-state index in [-0.39, 0.29) is 0 Å². The molecule has 2 unspecified atom stereocenters. The molecule has 0 saturated heterocycles. The molecule has 2 aromatic carbocycles. The van der Waals surface area contributed by atoms with Crippen LogP contribution < -0.4 is 10.4 Å². The number of benzene rings is 2. The van der Waals surface area contributed by atoms with Gasteiger partial charge < -0.3 is 8.85 Å². The highest BCUT2D eigenvalue weighted by Crippen LogP contribution is 2.59. The molecule has 148 valence electrons. The fourth-order valence-corrected chi connectivity index (χ4v) is 8.14. The highest BCUT2D eigenvalue weighted by Gasteiger charge is 2.52. The second kappa shape index (κ2) is 7.98. The standard InChI is InChI=1S/C25H32O2Si/c1-4-17-26-28(22-11-7-5-8-12-22,23-13-9-6-10-14-23)27-19-20-15-16-21-18-24(20)25(21,2)3/h5-15,21,24H,4,16-19H2,1-3H3. The van der Waals surface area contributed by atoms with Gasteiger partial charge in [-0.3, -0.25) is 0 Å². The van der Waals surface area contributed by atoms with Gasteiger partial charge in [-0.05, 0) is 52.5 Å². The molecule has 3 heteroatoms. The molecule has 0 spiro atoms. The van der Waals surface area contributed by atoms with Crippen molar-refractivity contribution < 1.29 is 8.85 Å². The maximum atomic E-state index is 6.88. The molecule has 0 amide bonds. The Morgan fingerprint density at radius 1 is 0.929 bits per heavy atom. The molecule has 1 saturated carbocycles. The maximum absolute atomic E-state index is 6.88. The SMILES string of the molecule is CCCO[Si](OCC1=CCC2CC1C2(C)C)(c1ccccc1)c1ccccc1. The Morgan fingerprint density at radius 3 is 2.04 bits per heavy atom. The van der Waals surface area contributed by atoms with Crippen LogP contribution in [0.3, 0.4) is 0 Å². The molecule has 3 aliphatic rings. The van der Waals surface area contributed by atoms with Crippen LogP contribution in [-0.2, 0) is 8.85 Å². The van der Waals surface area contributed by atoms with Crippen molar-refractivity contribution >= 4 is 18.9 Å². The molecule has 5 rings (SSSR count). The molecule has 2 nitrogen and oxygen atoms in total. The number of fused-ring (bicyclic) bond motifs is 1. The molecular formula is C25H32O2Si. The van der Waals surface area contributed by atoms with Crippen molar-refractivity contribution in [2.75, 3.05) is 13.2 Å². The largest absolute Gasteiger partial charge is 0.407 e. The Balaban J connectivity index is 1.67. The lowest BCUT2D eigenvalue weighted by Gasteiger charge is -2.56. The summed E-state index contributed by atoms with van der Waals surface area (Å²) >= 11 is 0. The van der Waals surface area contributed by atoms with Crippen LogP contribution in [0.5, 0.6) is 0 Å². The van der Waals surface area contributed by atoms with Gasteiger partial charge in [-0.15, -0.1) is 0 Å². The van der Waals surface area contributed by atoms with E-state index in [4.69, 9.17) is 8.85 Å². The number of hydrogen-bond donors (Lipinski definition) is 0. The Hall–Kier alpha value is -1.68. The summed E-state index contributed by atoms with van der Waals surface area (Å²) < 4.78 is 13.5. The third-order valence-corrected chi connectivity index (χ3v) is 10.2. The van der Waals surface area contributed by atoms with Crippen LogP contribution in [0.2, 0.25) is 0 Å². The summed E-state index contributed by atoms with van der Waals surface area (Å²) in [6.07, 6.45) is 5.95. The monoisotopic (exact) mass is 392 g/mol. The summed E-state index contributed by atoms with van der Waals surface area (Å²) in [5, 5.41) is 2.38. The summed E-state index contributed by atoms with van der Waals surface area (Å²) in [6.45, 7) is 8.40. The molecular weight excluding hydrogens is 360 g/mol. The van der Waals surface area contributed by atoms with E-state index in [2.05, 4.69) is 87.5 Å². The van der Waals surface area contributed by atoms with Gasteiger partial charge in [0.05, 0.1) is 6.61 Å². The molecule has 2 bridgehead atoms. The van der Waals surface area contributed by atoms with Crippen molar-refractivity contribution in [1.29, 1.82) is 0 Å². The average Bonchev–Trinajstić information content (AvgIpc) is 2.75. The second-order valence-electron chi connectivity index (χ2n) is 8.81. The van der Waals surface area contributed by atoms with Gasteiger partial charge in [0.25, 0.3) is 0 Å². The second-order valence-corrected chi connectivity index (χ2v) is 11.8. The van der Waals surface area contributed by atoms with E-state index in [1.54, 1.807) is 0 Å². The highest BCUT2D eigenvalue weighted by molar-refractivity contribution is 6.92. The van der Waals surface area contributed by atoms with Crippen LogP contribution >= 0.6 is 0 Å². The van der Waals surface area contributed by atoms with Crippen molar-refractivity contribution in [2.24, 2.45) is 17.3 Å². The molecule has 0 N–H and O–H groups in total. The topological polar surface area (TPSA) is 18.5 Å². The minimum Gasteiger partial charge on any atom is -0.388 e. The minimum atomic E-state index is -2.75. The summed E-state index contributed by atoms with van der Waals surface area (Å²) in [5.41, 5.74) is 1.90. The van der Waals surface area contributed by atoms with E-state index >= 15 is 0 Å². The van der Waals surface area contributed by atoms with Crippen LogP contribution in [0.15, 0.2) is 72.3 Å². The number of hydrogen-bond acceptors (Lipinski definition) is 2. The Kier molecular flexibility index (Phi) is 5.59. The van der Waals surface area contributed by atoms with Crippen LogP contribution in [0.4, 0.5) is 0 Å². The Morgan fingerprint density at radius 2 is 1.54 bits per heavy atom. The van der Waals surface area contributed by atoms with E-state index in [9.17, 15) is 0 Å². The quantitative estimate of drug-likeness (QED) is 0.480. The van der Waals surface area contributed by atoms with Gasteiger partial charge in [0.2, 0.25) is 0 Å². The van der Waals surface area contributed by atoms with Crippen LogP contribution in [0.1, 0.15) is 40.0 Å². The summed E-state index contributed by atoms with van der Waals surface area (Å²) in [4.78, 5) is 0.